The van der Waals surface area contributed by atoms with Crippen LogP contribution in [-0.2, 0) is 0 Å². The molecule has 1 fully saturated rings. The fourth-order valence-corrected chi connectivity index (χ4v) is 3.21. The summed E-state index contributed by atoms with van der Waals surface area (Å²) in [5, 5.41) is 0.608. The minimum Gasteiger partial charge on any atom is -0.488 e. The molecule has 4 nitrogen and oxygen atoms in total. The molecule has 1 aromatic carbocycles. The topological polar surface area (TPSA) is 43.6 Å². The summed E-state index contributed by atoms with van der Waals surface area (Å²) in [5.74, 6) is 0.729. The van der Waals surface area contributed by atoms with Crippen LogP contribution < -0.4 is 10.3 Å². The van der Waals surface area contributed by atoms with E-state index in [0.717, 1.165) is 18.6 Å². The van der Waals surface area contributed by atoms with Gasteiger partial charge in [0, 0.05) is 6.20 Å². The molecule has 3 aromatic rings. The Kier molecular flexibility index (Phi) is 3.29. The number of fused-ring (bicyclic) bond motifs is 2. The molecule has 0 spiro atoms. The lowest BCUT2D eigenvalue weighted by atomic mass is 9.98. The highest BCUT2D eigenvalue weighted by Crippen LogP contribution is 2.27. The first-order chi connectivity index (χ1) is 10.8. The standard InChI is InChI=1S/C18H18N2O2/c21-18-14-9-6-10-15(22-13-7-2-1-3-8-13)17(14)19-16-11-4-5-12-20(16)18/h4-6,9-13H,1-3,7-8H2. The van der Waals surface area contributed by atoms with E-state index in [-0.39, 0.29) is 11.7 Å². The van der Waals surface area contributed by atoms with Crippen LogP contribution in [-0.4, -0.2) is 15.5 Å². The van der Waals surface area contributed by atoms with E-state index in [1.165, 1.54) is 19.3 Å². The first kappa shape index (κ1) is 13.3. The smallest absolute Gasteiger partial charge is 0.265 e. The van der Waals surface area contributed by atoms with Gasteiger partial charge in [-0.1, -0.05) is 18.6 Å². The maximum atomic E-state index is 12.6. The number of rotatable bonds is 2. The highest BCUT2D eigenvalue weighted by Gasteiger charge is 2.17. The van der Waals surface area contributed by atoms with Crippen LogP contribution in [0.25, 0.3) is 16.6 Å². The molecule has 0 unspecified atom stereocenters. The van der Waals surface area contributed by atoms with Crippen molar-refractivity contribution in [2.45, 2.75) is 38.2 Å². The second-order valence-corrected chi connectivity index (χ2v) is 5.88. The van der Waals surface area contributed by atoms with Gasteiger partial charge in [-0.25, -0.2) is 4.98 Å². The van der Waals surface area contributed by atoms with Crippen LogP contribution in [0.15, 0.2) is 47.4 Å². The molecule has 4 rings (SSSR count). The molecule has 0 atom stereocenters. The summed E-state index contributed by atoms with van der Waals surface area (Å²) in [7, 11) is 0. The Balaban J connectivity index is 1.86. The number of pyridine rings is 1. The monoisotopic (exact) mass is 294 g/mol. The molecule has 0 N–H and O–H groups in total. The number of hydrogen-bond acceptors (Lipinski definition) is 3. The third-order valence-corrected chi connectivity index (χ3v) is 4.36. The Morgan fingerprint density at radius 2 is 1.91 bits per heavy atom. The Morgan fingerprint density at radius 3 is 2.77 bits per heavy atom. The number of benzene rings is 1. The third-order valence-electron chi connectivity index (χ3n) is 4.36. The van der Waals surface area contributed by atoms with Crippen molar-refractivity contribution in [3.05, 3.63) is 52.9 Å². The summed E-state index contributed by atoms with van der Waals surface area (Å²) in [5.41, 5.74) is 1.28. The molecule has 2 aromatic heterocycles. The zero-order valence-electron chi connectivity index (χ0n) is 12.4. The lowest BCUT2D eigenvalue weighted by molar-refractivity contribution is 0.157. The van der Waals surface area contributed by atoms with E-state index in [4.69, 9.17) is 4.74 Å². The summed E-state index contributed by atoms with van der Waals surface area (Å²) in [6, 6.07) is 11.2. The molecule has 22 heavy (non-hydrogen) atoms. The zero-order valence-corrected chi connectivity index (χ0v) is 12.4. The summed E-state index contributed by atoms with van der Waals surface area (Å²) < 4.78 is 7.74. The van der Waals surface area contributed by atoms with E-state index in [2.05, 4.69) is 4.98 Å². The van der Waals surface area contributed by atoms with Gasteiger partial charge >= 0.3 is 0 Å². The van der Waals surface area contributed by atoms with Gasteiger partial charge in [-0.05, 0) is 49.9 Å². The van der Waals surface area contributed by atoms with Crippen molar-refractivity contribution in [1.82, 2.24) is 9.38 Å². The minimum absolute atomic E-state index is 0.0466. The van der Waals surface area contributed by atoms with Crippen molar-refractivity contribution < 1.29 is 4.74 Å². The second-order valence-electron chi connectivity index (χ2n) is 5.88. The molecule has 1 saturated carbocycles. The van der Waals surface area contributed by atoms with Gasteiger partial charge in [-0.2, -0.15) is 0 Å². The van der Waals surface area contributed by atoms with E-state index >= 15 is 0 Å². The van der Waals surface area contributed by atoms with Crippen molar-refractivity contribution in [1.29, 1.82) is 0 Å². The van der Waals surface area contributed by atoms with E-state index < -0.39 is 0 Å². The molecule has 1 aliphatic rings. The van der Waals surface area contributed by atoms with Crippen molar-refractivity contribution >= 4 is 16.6 Å². The Bertz CT molecular complexity index is 879. The van der Waals surface area contributed by atoms with Crippen molar-refractivity contribution in [2.24, 2.45) is 0 Å². The SMILES string of the molecule is O=c1c2cccc(OC3CCCCC3)c2nc2ccccn12. The normalized spacial score (nSPS) is 16.2. The van der Waals surface area contributed by atoms with Gasteiger partial charge in [0.2, 0.25) is 0 Å². The number of ether oxygens (including phenoxy) is 1. The van der Waals surface area contributed by atoms with Crippen LogP contribution >= 0.6 is 0 Å². The van der Waals surface area contributed by atoms with Gasteiger partial charge < -0.3 is 4.74 Å². The third kappa shape index (κ3) is 2.25. The largest absolute Gasteiger partial charge is 0.488 e. The summed E-state index contributed by atoms with van der Waals surface area (Å²) in [4.78, 5) is 17.2. The molecule has 0 amide bonds. The van der Waals surface area contributed by atoms with Crippen molar-refractivity contribution in [2.75, 3.05) is 0 Å². The van der Waals surface area contributed by atoms with Crippen LogP contribution in [0.3, 0.4) is 0 Å². The van der Waals surface area contributed by atoms with Crippen molar-refractivity contribution in [3.8, 4) is 5.75 Å². The molecule has 2 heterocycles. The highest BCUT2D eigenvalue weighted by molar-refractivity contribution is 5.85. The predicted molar refractivity (Wildman–Crippen MR) is 86.5 cm³/mol. The fourth-order valence-electron chi connectivity index (χ4n) is 3.21. The first-order valence-electron chi connectivity index (χ1n) is 7.90. The average molecular weight is 294 g/mol. The average Bonchev–Trinajstić information content (AvgIpc) is 2.57. The molecule has 4 heteroatoms. The summed E-state index contributed by atoms with van der Waals surface area (Å²) in [6.07, 6.45) is 7.89. The summed E-state index contributed by atoms with van der Waals surface area (Å²) in [6.45, 7) is 0. The number of nitrogens with zero attached hydrogens (tertiary/aromatic N) is 2. The van der Waals surface area contributed by atoms with Gasteiger partial charge in [0.05, 0.1) is 11.5 Å². The van der Waals surface area contributed by atoms with Crippen LogP contribution in [0.2, 0.25) is 0 Å². The van der Waals surface area contributed by atoms with Crippen LogP contribution in [0.4, 0.5) is 0 Å². The minimum atomic E-state index is -0.0466. The van der Waals surface area contributed by atoms with Gasteiger partial charge in [0.25, 0.3) is 5.56 Å². The van der Waals surface area contributed by atoms with Crippen LogP contribution in [0.5, 0.6) is 5.75 Å². The lowest BCUT2D eigenvalue weighted by Crippen LogP contribution is -2.20. The molecule has 0 saturated heterocycles. The quantitative estimate of drug-likeness (QED) is 0.679. The van der Waals surface area contributed by atoms with Crippen LogP contribution in [0, 0.1) is 0 Å². The Hall–Kier alpha value is -2.36. The zero-order chi connectivity index (χ0) is 14.9. The maximum absolute atomic E-state index is 12.6. The van der Waals surface area contributed by atoms with E-state index in [1.807, 2.05) is 36.4 Å². The van der Waals surface area contributed by atoms with Gasteiger partial charge in [-0.15, -0.1) is 0 Å². The number of hydrogen-bond donors (Lipinski definition) is 0. The highest BCUT2D eigenvalue weighted by atomic mass is 16.5. The molecule has 0 bridgehead atoms. The molecule has 0 aliphatic heterocycles. The molecular formula is C18H18N2O2. The second kappa shape index (κ2) is 5.44. The number of aromatic nitrogens is 2. The Morgan fingerprint density at radius 1 is 1.05 bits per heavy atom. The summed E-state index contributed by atoms with van der Waals surface area (Å²) >= 11 is 0. The molecule has 1 aliphatic carbocycles. The van der Waals surface area contributed by atoms with Gasteiger partial charge in [0.15, 0.2) is 0 Å². The van der Waals surface area contributed by atoms with Crippen LogP contribution in [0.1, 0.15) is 32.1 Å². The van der Waals surface area contributed by atoms with E-state index in [1.54, 1.807) is 10.6 Å². The van der Waals surface area contributed by atoms with Gasteiger partial charge in [0.1, 0.15) is 16.9 Å². The molecular weight excluding hydrogens is 276 g/mol. The van der Waals surface area contributed by atoms with E-state index in [0.29, 0.717) is 16.6 Å². The molecule has 0 radical (unpaired) electrons. The van der Waals surface area contributed by atoms with Gasteiger partial charge in [-0.3, -0.25) is 9.20 Å². The number of para-hydroxylation sites is 1. The fraction of sp³-hybridized carbons (Fsp3) is 0.333. The van der Waals surface area contributed by atoms with E-state index in [9.17, 15) is 4.79 Å². The first-order valence-corrected chi connectivity index (χ1v) is 7.90. The maximum Gasteiger partial charge on any atom is 0.265 e. The van der Waals surface area contributed by atoms with Crippen molar-refractivity contribution in [3.63, 3.8) is 0 Å². The molecule has 112 valence electrons. The lowest BCUT2D eigenvalue weighted by Gasteiger charge is -2.23. The Labute approximate surface area is 128 Å². The predicted octanol–water partition coefficient (Wildman–Crippen LogP) is 3.56.